The van der Waals surface area contributed by atoms with Gasteiger partial charge in [0.2, 0.25) is 0 Å². The summed E-state index contributed by atoms with van der Waals surface area (Å²) < 4.78 is 7.46. The maximum absolute atomic E-state index is 5.38. The summed E-state index contributed by atoms with van der Waals surface area (Å²) in [6.07, 6.45) is 2.21. The number of aryl methyl sites for hydroxylation is 1. The largest absolute Gasteiger partial charge is 0.381 e. The molecule has 1 aromatic heterocycles. The van der Waals surface area contributed by atoms with Crippen molar-refractivity contribution in [3.8, 4) is 0 Å². The fourth-order valence-electron chi connectivity index (χ4n) is 2.71. The summed E-state index contributed by atoms with van der Waals surface area (Å²) in [6, 6.07) is 9.03. The second-order valence-corrected chi connectivity index (χ2v) is 5.05. The maximum atomic E-state index is 5.38. The van der Waals surface area contributed by atoms with Gasteiger partial charge in [-0.05, 0) is 25.8 Å². The van der Waals surface area contributed by atoms with Crippen molar-refractivity contribution in [2.75, 3.05) is 13.2 Å². The van der Waals surface area contributed by atoms with E-state index in [1.165, 1.54) is 10.9 Å². The third-order valence-electron chi connectivity index (χ3n) is 3.81. The number of rotatable bonds is 4. The fraction of sp³-hybridized carbons (Fsp3) is 0.533. The lowest BCUT2D eigenvalue weighted by atomic mass is 10.1. The molecule has 1 N–H and O–H groups in total. The predicted molar refractivity (Wildman–Crippen MR) is 76.1 cm³/mol. The van der Waals surface area contributed by atoms with Gasteiger partial charge in [-0.2, -0.15) is 5.10 Å². The fourth-order valence-corrected chi connectivity index (χ4v) is 2.71. The average Bonchev–Trinajstić information content (AvgIpc) is 2.84. The normalized spacial score (nSPS) is 17.1. The van der Waals surface area contributed by atoms with Crippen molar-refractivity contribution in [3.63, 3.8) is 0 Å². The first kappa shape index (κ1) is 12.6. The van der Waals surface area contributed by atoms with Crippen LogP contribution in [0.4, 0.5) is 0 Å². The number of aromatic nitrogens is 2. The molecular weight excluding hydrogens is 238 g/mol. The van der Waals surface area contributed by atoms with Gasteiger partial charge in [0.1, 0.15) is 0 Å². The zero-order valence-electron chi connectivity index (χ0n) is 11.4. The number of benzene rings is 1. The number of ether oxygens (including phenoxy) is 1. The van der Waals surface area contributed by atoms with Crippen LogP contribution < -0.4 is 5.32 Å². The standard InChI is InChI=1S/C15H21N3O/c1-2-18-15-6-4-3-5-13(15)14(17-18)11-16-12-7-9-19-10-8-12/h3-6,12,16H,2,7-11H2,1H3. The molecule has 0 atom stereocenters. The highest BCUT2D eigenvalue weighted by molar-refractivity contribution is 5.81. The van der Waals surface area contributed by atoms with E-state index >= 15 is 0 Å². The summed E-state index contributed by atoms with van der Waals surface area (Å²) in [5, 5.41) is 9.59. The highest BCUT2D eigenvalue weighted by atomic mass is 16.5. The molecule has 102 valence electrons. The van der Waals surface area contributed by atoms with Crippen LogP contribution in [0.5, 0.6) is 0 Å². The Morgan fingerprint density at radius 3 is 2.89 bits per heavy atom. The van der Waals surface area contributed by atoms with E-state index < -0.39 is 0 Å². The molecule has 0 aliphatic carbocycles. The number of nitrogens with zero attached hydrogens (tertiary/aromatic N) is 2. The highest BCUT2D eigenvalue weighted by Crippen LogP contribution is 2.18. The first-order valence-corrected chi connectivity index (χ1v) is 7.14. The predicted octanol–water partition coefficient (Wildman–Crippen LogP) is 2.32. The lowest BCUT2D eigenvalue weighted by Crippen LogP contribution is -2.34. The third-order valence-corrected chi connectivity index (χ3v) is 3.81. The summed E-state index contributed by atoms with van der Waals surface area (Å²) >= 11 is 0. The molecule has 1 aliphatic heterocycles. The average molecular weight is 259 g/mol. The van der Waals surface area contributed by atoms with Gasteiger partial charge in [-0.25, -0.2) is 0 Å². The monoisotopic (exact) mass is 259 g/mol. The maximum Gasteiger partial charge on any atom is 0.0841 e. The summed E-state index contributed by atoms with van der Waals surface area (Å²) in [7, 11) is 0. The Hall–Kier alpha value is -1.39. The summed E-state index contributed by atoms with van der Waals surface area (Å²) in [6.45, 7) is 5.65. The van der Waals surface area contributed by atoms with E-state index in [0.717, 1.165) is 44.8 Å². The minimum absolute atomic E-state index is 0.569. The van der Waals surface area contributed by atoms with Crippen molar-refractivity contribution in [1.82, 2.24) is 15.1 Å². The zero-order chi connectivity index (χ0) is 13.1. The topological polar surface area (TPSA) is 39.1 Å². The Morgan fingerprint density at radius 1 is 1.32 bits per heavy atom. The molecule has 1 saturated heterocycles. The molecule has 0 spiro atoms. The van der Waals surface area contributed by atoms with Crippen LogP contribution >= 0.6 is 0 Å². The molecule has 19 heavy (non-hydrogen) atoms. The van der Waals surface area contributed by atoms with Crippen molar-refractivity contribution >= 4 is 10.9 Å². The van der Waals surface area contributed by atoms with Crippen LogP contribution in [0.15, 0.2) is 24.3 Å². The smallest absolute Gasteiger partial charge is 0.0841 e. The van der Waals surface area contributed by atoms with Gasteiger partial charge in [-0.3, -0.25) is 4.68 Å². The number of nitrogens with one attached hydrogen (secondary N) is 1. The number of fused-ring (bicyclic) bond motifs is 1. The second-order valence-electron chi connectivity index (χ2n) is 5.05. The molecule has 3 rings (SSSR count). The van der Waals surface area contributed by atoms with Gasteiger partial charge in [0, 0.05) is 37.7 Å². The van der Waals surface area contributed by atoms with E-state index in [1.54, 1.807) is 0 Å². The van der Waals surface area contributed by atoms with Gasteiger partial charge in [-0.1, -0.05) is 18.2 Å². The van der Waals surface area contributed by atoms with Crippen molar-refractivity contribution < 1.29 is 4.74 Å². The van der Waals surface area contributed by atoms with Gasteiger partial charge in [0.25, 0.3) is 0 Å². The van der Waals surface area contributed by atoms with Crippen LogP contribution in [0, 0.1) is 0 Å². The Kier molecular flexibility index (Phi) is 3.80. The third kappa shape index (κ3) is 2.65. The Bertz CT molecular complexity index is 543. The molecule has 1 fully saturated rings. The van der Waals surface area contributed by atoms with Gasteiger partial charge in [0.05, 0.1) is 11.2 Å². The minimum atomic E-state index is 0.569. The molecular formula is C15H21N3O. The van der Waals surface area contributed by atoms with Gasteiger partial charge < -0.3 is 10.1 Å². The van der Waals surface area contributed by atoms with Crippen LogP contribution in [0.2, 0.25) is 0 Å². The molecule has 1 aliphatic rings. The molecule has 1 aromatic carbocycles. The minimum Gasteiger partial charge on any atom is -0.381 e. The molecule has 4 nitrogen and oxygen atoms in total. The van der Waals surface area contributed by atoms with Crippen LogP contribution in [-0.2, 0) is 17.8 Å². The number of hydrogen-bond donors (Lipinski definition) is 1. The first-order chi connectivity index (χ1) is 9.38. The van der Waals surface area contributed by atoms with Crippen molar-refractivity contribution in [3.05, 3.63) is 30.0 Å². The lowest BCUT2D eigenvalue weighted by Gasteiger charge is -2.22. The Morgan fingerprint density at radius 2 is 2.11 bits per heavy atom. The van der Waals surface area contributed by atoms with E-state index in [2.05, 4.69) is 41.2 Å². The molecule has 0 bridgehead atoms. The second kappa shape index (κ2) is 5.72. The van der Waals surface area contributed by atoms with Gasteiger partial charge >= 0.3 is 0 Å². The Labute approximate surface area is 113 Å². The lowest BCUT2D eigenvalue weighted by molar-refractivity contribution is 0.0775. The van der Waals surface area contributed by atoms with Crippen LogP contribution in [-0.4, -0.2) is 29.0 Å². The van der Waals surface area contributed by atoms with Gasteiger partial charge in [0.15, 0.2) is 0 Å². The quantitative estimate of drug-likeness (QED) is 0.916. The molecule has 0 radical (unpaired) electrons. The van der Waals surface area contributed by atoms with Gasteiger partial charge in [-0.15, -0.1) is 0 Å². The van der Waals surface area contributed by atoms with Crippen LogP contribution in [0.25, 0.3) is 10.9 Å². The molecule has 0 amide bonds. The van der Waals surface area contributed by atoms with Crippen molar-refractivity contribution in [1.29, 1.82) is 0 Å². The van der Waals surface area contributed by atoms with Crippen LogP contribution in [0.1, 0.15) is 25.5 Å². The summed E-state index contributed by atoms with van der Waals surface area (Å²) in [5.74, 6) is 0. The zero-order valence-corrected chi connectivity index (χ0v) is 11.4. The first-order valence-electron chi connectivity index (χ1n) is 7.14. The van der Waals surface area contributed by atoms with Crippen LogP contribution in [0.3, 0.4) is 0 Å². The highest BCUT2D eigenvalue weighted by Gasteiger charge is 2.15. The van der Waals surface area contributed by atoms with Crippen molar-refractivity contribution in [2.45, 2.75) is 38.9 Å². The summed E-state index contributed by atoms with van der Waals surface area (Å²) in [5.41, 5.74) is 2.39. The van der Waals surface area contributed by atoms with E-state index in [9.17, 15) is 0 Å². The van der Waals surface area contributed by atoms with Crippen molar-refractivity contribution in [2.24, 2.45) is 0 Å². The number of para-hydroxylation sites is 1. The molecule has 2 aromatic rings. The van der Waals surface area contributed by atoms with E-state index in [-0.39, 0.29) is 0 Å². The molecule has 4 heteroatoms. The number of hydrogen-bond acceptors (Lipinski definition) is 3. The van der Waals surface area contributed by atoms with E-state index in [0.29, 0.717) is 6.04 Å². The molecule has 0 saturated carbocycles. The molecule has 0 unspecified atom stereocenters. The SMILES string of the molecule is CCn1nc(CNC2CCOCC2)c2ccccc21. The van der Waals surface area contributed by atoms with E-state index in [1.807, 2.05) is 0 Å². The Balaban J connectivity index is 1.76. The summed E-state index contributed by atoms with van der Waals surface area (Å²) in [4.78, 5) is 0. The van der Waals surface area contributed by atoms with E-state index in [4.69, 9.17) is 9.84 Å². The molecule has 2 heterocycles.